The Labute approximate surface area is 123 Å². The Morgan fingerprint density at radius 3 is 2.57 bits per heavy atom. The van der Waals surface area contributed by atoms with Gasteiger partial charge in [0.25, 0.3) is 0 Å². The van der Waals surface area contributed by atoms with E-state index in [-0.39, 0.29) is 13.0 Å². The molecule has 8 heteroatoms. The van der Waals surface area contributed by atoms with Crippen LogP contribution in [0.5, 0.6) is 0 Å². The Balaban J connectivity index is 2.57. The molecule has 0 aliphatic carbocycles. The number of anilines is 1. The van der Waals surface area contributed by atoms with E-state index in [1.54, 1.807) is 24.3 Å². The molecule has 0 aromatic heterocycles. The van der Waals surface area contributed by atoms with Crippen molar-refractivity contribution in [3.05, 3.63) is 29.8 Å². The van der Waals surface area contributed by atoms with Gasteiger partial charge in [-0.1, -0.05) is 18.2 Å². The highest BCUT2D eigenvalue weighted by molar-refractivity contribution is 7.92. The fourth-order valence-electron chi connectivity index (χ4n) is 1.59. The summed E-state index contributed by atoms with van der Waals surface area (Å²) in [6.45, 7) is 0.261. The summed E-state index contributed by atoms with van der Waals surface area (Å²) in [5.74, 6) is -2.44. The van der Waals surface area contributed by atoms with Crippen molar-refractivity contribution in [2.75, 3.05) is 23.9 Å². The Bertz CT molecular complexity index is 613. The molecule has 1 aromatic carbocycles. The smallest absolute Gasteiger partial charge is 0.320 e. The van der Waals surface area contributed by atoms with Crippen LogP contribution in [0, 0.1) is 0 Å². The third kappa shape index (κ3) is 5.92. The van der Waals surface area contributed by atoms with Gasteiger partial charge in [0, 0.05) is 18.7 Å². The van der Waals surface area contributed by atoms with Gasteiger partial charge in [-0.2, -0.15) is 0 Å². The van der Waals surface area contributed by atoms with Crippen molar-refractivity contribution < 1.29 is 22.7 Å². The molecular formula is C13H18N2O5S. The van der Waals surface area contributed by atoms with Gasteiger partial charge < -0.3 is 15.8 Å². The lowest BCUT2D eigenvalue weighted by atomic mass is 10.2. The number of rotatable bonds is 7. The van der Waals surface area contributed by atoms with Gasteiger partial charge in [0.05, 0.1) is 12.9 Å². The van der Waals surface area contributed by atoms with E-state index in [4.69, 9.17) is 5.73 Å². The summed E-state index contributed by atoms with van der Waals surface area (Å²) in [6.07, 6.45) is -0.238. The van der Waals surface area contributed by atoms with Crippen LogP contribution in [0.15, 0.2) is 24.3 Å². The molecule has 0 spiro atoms. The summed E-state index contributed by atoms with van der Waals surface area (Å²) < 4.78 is 27.4. The standard InChI is InChI=1S/C13H18N2O5S/c1-20-13(17)9-21(18,19)7-6-12(16)15-11-5-3-2-4-10(11)8-14/h2-5H,6-9,14H2,1H3,(H,15,16). The fourth-order valence-corrected chi connectivity index (χ4v) is 2.71. The first-order valence-corrected chi connectivity index (χ1v) is 8.05. The first kappa shape index (κ1) is 17.1. The molecule has 116 valence electrons. The zero-order chi connectivity index (χ0) is 15.9. The number of hydrogen-bond donors (Lipinski definition) is 2. The van der Waals surface area contributed by atoms with Crippen molar-refractivity contribution in [1.29, 1.82) is 0 Å². The number of carbonyl (C=O) groups is 2. The maximum absolute atomic E-state index is 11.8. The first-order valence-electron chi connectivity index (χ1n) is 6.23. The van der Waals surface area contributed by atoms with Gasteiger partial charge in [-0.05, 0) is 11.6 Å². The molecule has 0 radical (unpaired) electrons. The third-order valence-corrected chi connectivity index (χ3v) is 4.22. The van der Waals surface area contributed by atoms with E-state index < -0.39 is 33.2 Å². The molecule has 1 rings (SSSR count). The van der Waals surface area contributed by atoms with Crippen LogP contribution >= 0.6 is 0 Å². The molecule has 0 fully saturated rings. The average molecular weight is 314 g/mol. The molecule has 0 saturated carbocycles. The molecular weight excluding hydrogens is 296 g/mol. The van der Waals surface area contributed by atoms with Crippen LogP contribution in [-0.4, -0.2) is 38.9 Å². The molecule has 21 heavy (non-hydrogen) atoms. The van der Waals surface area contributed by atoms with Crippen molar-refractivity contribution in [2.24, 2.45) is 5.73 Å². The van der Waals surface area contributed by atoms with Crippen molar-refractivity contribution in [1.82, 2.24) is 0 Å². The predicted octanol–water partition coefficient (Wildman–Crippen LogP) is 0.0617. The molecule has 0 atom stereocenters. The van der Waals surface area contributed by atoms with Crippen LogP contribution in [0.4, 0.5) is 5.69 Å². The summed E-state index contributed by atoms with van der Waals surface area (Å²) >= 11 is 0. The van der Waals surface area contributed by atoms with E-state index in [0.29, 0.717) is 5.69 Å². The van der Waals surface area contributed by atoms with Crippen LogP contribution < -0.4 is 11.1 Å². The highest BCUT2D eigenvalue weighted by atomic mass is 32.2. The lowest BCUT2D eigenvalue weighted by Crippen LogP contribution is -2.23. The Hall–Kier alpha value is -1.93. The zero-order valence-electron chi connectivity index (χ0n) is 11.7. The summed E-state index contributed by atoms with van der Waals surface area (Å²) in [4.78, 5) is 22.7. The quantitative estimate of drug-likeness (QED) is 0.688. The Morgan fingerprint density at radius 2 is 1.95 bits per heavy atom. The molecule has 0 bridgehead atoms. The maximum Gasteiger partial charge on any atom is 0.320 e. The SMILES string of the molecule is COC(=O)CS(=O)(=O)CCC(=O)Nc1ccccc1CN. The van der Waals surface area contributed by atoms with Gasteiger partial charge in [-0.3, -0.25) is 9.59 Å². The number of hydrogen-bond acceptors (Lipinski definition) is 6. The van der Waals surface area contributed by atoms with E-state index in [2.05, 4.69) is 10.1 Å². The lowest BCUT2D eigenvalue weighted by Gasteiger charge is -2.09. The summed E-state index contributed by atoms with van der Waals surface area (Å²) in [6, 6.07) is 6.98. The lowest BCUT2D eigenvalue weighted by molar-refractivity contribution is -0.137. The van der Waals surface area contributed by atoms with E-state index in [9.17, 15) is 18.0 Å². The van der Waals surface area contributed by atoms with Crippen LogP contribution in [-0.2, 0) is 30.7 Å². The zero-order valence-corrected chi connectivity index (χ0v) is 12.5. The minimum absolute atomic E-state index is 0.238. The molecule has 0 aliphatic rings. The second-order valence-electron chi connectivity index (χ2n) is 4.33. The predicted molar refractivity (Wildman–Crippen MR) is 78.2 cm³/mol. The number of amides is 1. The van der Waals surface area contributed by atoms with Crippen LogP contribution in [0.1, 0.15) is 12.0 Å². The summed E-state index contributed by atoms with van der Waals surface area (Å²) in [5.41, 5.74) is 6.85. The summed E-state index contributed by atoms with van der Waals surface area (Å²) in [7, 11) is -2.55. The highest BCUT2D eigenvalue weighted by Gasteiger charge is 2.18. The van der Waals surface area contributed by atoms with Crippen molar-refractivity contribution in [2.45, 2.75) is 13.0 Å². The number of methoxy groups -OCH3 is 1. The largest absolute Gasteiger partial charge is 0.468 e. The van der Waals surface area contributed by atoms with E-state index in [1.807, 2.05) is 0 Å². The van der Waals surface area contributed by atoms with Crippen molar-refractivity contribution in [3.8, 4) is 0 Å². The molecule has 0 heterocycles. The topological polar surface area (TPSA) is 116 Å². The Kier molecular flexibility index (Phi) is 6.32. The average Bonchev–Trinajstić information content (AvgIpc) is 2.45. The van der Waals surface area contributed by atoms with Crippen LogP contribution in [0.3, 0.4) is 0 Å². The Morgan fingerprint density at radius 1 is 1.29 bits per heavy atom. The van der Waals surface area contributed by atoms with Gasteiger partial charge in [0.1, 0.15) is 5.75 Å². The number of para-hydroxylation sites is 1. The van der Waals surface area contributed by atoms with Crippen molar-refractivity contribution >= 4 is 27.4 Å². The molecule has 3 N–H and O–H groups in total. The molecule has 1 aromatic rings. The molecule has 7 nitrogen and oxygen atoms in total. The van der Waals surface area contributed by atoms with E-state index in [0.717, 1.165) is 12.7 Å². The summed E-state index contributed by atoms with van der Waals surface area (Å²) in [5, 5.41) is 2.60. The minimum Gasteiger partial charge on any atom is -0.468 e. The van der Waals surface area contributed by atoms with Crippen molar-refractivity contribution in [3.63, 3.8) is 0 Å². The molecule has 0 saturated heterocycles. The monoisotopic (exact) mass is 314 g/mol. The van der Waals surface area contributed by atoms with Gasteiger partial charge >= 0.3 is 5.97 Å². The number of benzene rings is 1. The number of nitrogens with two attached hydrogens (primary N) is 1. The second kappa shape index (κ2) is 7.75. The number of ether oxygens (including phenoxy) is 1. The number of esters is 1. The van der Waals surface area contributed by atoms with Crippen LogP contribution in [0.25, 0.3) is 0 Å². The third-order valence-electron chi connectivity index (χ3n) is 2.72. The van der Waals surface area contributed by atoms with E-state index in [1.165, 1.54) is 0 Å². The van der Waals surface area contributed by atoms with Crippen LogP contribution in [0.2, 0.25) is 0 Å². The second-order valence-corrected chi connectivity index (χ2v) is 6.51. The molecule has 1 amide bonds. The molecule has 0 aliphatic heterocycles. The fraction of sp³-hybridized carbons (Fsp3) is 0.385. The first-order chi connectivity index (χ1) is 9.88. The maximum atomic E-state index is 11.8. The normalized spacial score (nSPS) is 11.0. The van der Waals surface area contributed by atoms with E-state index >= 15 is 0 Å². The number of sulfone groups is 1. The molecule has 0 unspecified atom stereocenters. The van der Waals surface area contributed by atoms with Gasteiger partial charge in [-0.15, -0.1) is 0 Å². The minimum atomic E-state index is -3.66. The number of carbonyl (C=O) groups excluding carboxylic acids is 2. The van der Waals surface area contributed by atoms with Gasteiger partial charge in [0.2, 0.25) is 5.91 Å². The highest BCUT2D eigenvalue weighted by Crippen LogP contribution is 2.14. The van der Waals surface area contributed by atoms with Gasteiger partial charge in [-0.25, -0.2) is 8.42 Å². The number of nitrogens with one attached hydrogen (secondary N) is 1. The van der Waals surface area contributed by atoms with Gasteiger partial charge in [0.15, 0.2) is 9.84 Å².